The monoisotopic (exact) mass is 597 g/mol. The van der Waals surface area contributed by atoms with Gasteiger partial charge >= 0.3 is 0 Å². The number of benzene rings is 2. The van der Waals surface area contributed by atoms with E-state index in [0.29, 0.717) is 31.6 Å². The molecule has 2 aromatic heterocycles. The Balaban J connectivity index is 0.00000337. The van der Waals surface area contributed by atoms with Crippen molar-refractivity contribution in [3.8, 4) is 11.4 Å². The molecule has 1 saturated heterocycles. The predicted molar refractivity (Wildman–Crippen MR) is 155 cm³/mol. The number of pyridine rings is 1. The minimum Gasteiger partial charge on any atom is -0.408 e. The fourth-order valence-electron chi connectivity index (χ4n) is 5.27. The van der Waals surface area contributed by atoms with Crippen LogP contribution in [0.5, 0.6) is 5.75 Å². The molecule has 1 atom stereocenters. The van der Waals surface area contributed by atoms with Crippen LogP contribution in [0.3, 0.4) is 0 Å². The lowest BCUT2D eigenvalue weighted by Gasteiger charge is -2.46. The molecule has 1 fully saturated rings. The molecule has 6 rings (SSSR count). The van der Waals surface area contributed by atoms with Gasteiger partial charge in [-0.15, -0.1) is 0 Å². The zero-order valence-electron chi connectivity index (χ0n) is 21.9. The van der Waals surface area contributed by atoms with Crippen LogP contribution in [-0.4, -0.2) is 50.1 Å². The van der Waals surface area contributed by atoms with Crippen molar-refractivity contribution < 1.29 is 22.1 Å². The lowest BCUT2D eigenvalue weighted by Crippen LogP contribution is -2.54. The van der Waals surface area contributed by atoms with Crippen LogP contribution in [0.15, 0.2) is 78.6 Å². The number of Topliss-reactive ketones (excluding diaryl/α,β-unsaturated/α-hetero) is 1. The van der Waals surface area contributed by atoms with Crippen molar-refractivity contribution >= 4 is 37.6 Å². The first-order chi connectivity index (χ1) is 19.3. The number of hydrazine groups is 1. The Kier molecular flexibility index (Phi) is 8.28. The second kappa shape index (κ2) is 11.7. The zero-order valence-corrected chi connectivity index (χ0v) is 23.7. The second-order valence-electron chi connectivity index (χ2n) is 9.75. The molecule has 0 radical (unpaired) electrons. The van der Waals surface area contributed by atoms with Crippen LogP contribution in [0.25, 0.3) is 11.8 Å². The molecule has 0 amide bonds. The van der Waals surface area contributed by atoms with E-state index < -0.39 is 17.0 Å². The Morgan fingerprint density at radius 3 is 2.61 bits per heavy atom. The van der Waals surface area contributed by atoms with E-state index in [9.17, 15) is 18.0 Å². The van der Waals surface area contributed by atoms with Gasteiger partial charge in [0.2, 0.25) is 0 Å². The van der Waals surface area contributed by atoms with Crippen LogP contribution in [0.2, 0.25) is 0 Å². The molecular formula is C29H26F3N5O2S2. The second-order valence-corrected chi connectivity index (χ2v) is 10.6. The molecule has 1 unspecified atom stereocenters. The number of hydrogen-bond acceptors (Lipinski definition) is 7. The van der Waals surface area contributed by atoms with Gasteiger partial charge in [0.1, 0.15) is 17.3 Å². The van der Waals surface area contributed by atoms with Gasteiger partial charge in [-0.05, 0) is 73.0 Å². The highest BCUT2D eigenvalue weighted by atomic mass is 32.2. The smallest absolute Gasteiger partial charge is 0.193 e. The molecule has 1 aliphatic heterocycles. The van der Waals surface area contributed by atoms with Crippen molar-refractivity contribution in [2.75, 3.05) is 20.1 Å². The van der Waals surface area contributed by atoms with Crippen molar-refractivity contribution in [2.24, 2.45) is 5.41 Å². The summed E-state index contributed by atoms with van der Waals surface area (Å²) in [4.78, 5) is 18.5. The summed E-state index contributed by atoms with van der Waals surface area (Å²) < 4.78 is 49.6. The largest absolute Gasteiger partial charge is 0.408 e. The van der Waals surface area contributed by atoms with Gasteiger partial charge in [0, 0.05) is 32.4 Å². The summed E-state index contributed by atoms with van der Waals surface area (Å²) in [7, 11) is 1.79. The number of nitrogens with zero attached hydrogens (tertiary/aromatic N) is 5. The molecule has 0 saturated carbocycles. The van der Waals surface area contributed by atoms with E-state index in [2.05, 4.69) is 10.1 Å². The zero-order chi connectivity index (χ0) is 27.9. The van der Waals surface area contributed by atoms with Crippen LogP contribution >= 0.6 is 25.7 Å². The number of halogens is 3. The molecule has 2 aliphatic rings. The van der Waals surface area contributed by atoms with E-state index >= 15 is 0 Å². The first kappa shape index (κ1) is 28.9. The molecule has 41 heavy (non-hydrogen) atoms. The molecule has 1 aliphatic carbocycles. The molecule has 212 valence electrons. The van der Waals surface area contributed by atoms with Crippen molar-refractivity contribution in [3.05, 3.63) is 113 Å². The number of piperidine rings is 1. The topological polar surface area (TPSA) is 63.5 Å². The summed E-state index contributed by atoms with van der Waals surface area (Å²) in [6.45, 7) is 0.938. The van der Waals surface area contributed by atoms with Gasteiger partial charge in [0.25, 0.3) is 0 Å². The van der Waals surface area contributed by atoms with Gasteiger partial charge in [-0.1, -0.05) is 11.6 Å². The Morgan fingerprint density at radius 2 is 1.88 bits per heavy atom. The highest BCUT2D eigenvalue weighted by molar-refractivity contribution is 7.92. The average molecular weight is 598 g/mol. The van der Waals surface area contributed by atoms with Crippen LogP contribution in [0.1, 0.15) is 28.2 Å². The van der Waals surface area contributed by atoms with Gasteiger partial charge < -0.3 is 4.18 Å². The van der Waals surface area contributed by atoms with Crippen molar-refractivity contribution in [1.29, 1.82) is 0 Å². The van der Waals surface area contributed by atoms with Crippen molar-refractivity contribution in [3.63, 3.8) is 0 Å². The fourth-order valence-corrected chi connectivity index (χ4v) is 5.81. The Morgan fingerprint density at radius 1 is 1.07 bits per heavy atom. The summed E-state index contributed by atoms with van der Waals surface area (Å²) in [5, 5.41) is 6.56. The normalized spacial score (nSPS) is 18.2. The summed E-state index contributed by atoms with van der Waals surface area (Å²) in [6.07, 6.45) is 6.38. The maximum atomic E-state index is 14.2. The van der Waals surface area contributed by atoms with Crippen LogP contribution in [0, 0.1) is 22.9 Å². The highest BCUT2D eigenvalue weighted by Crippen LogP contribution is 2.46. The fraction of sp³-hybridized carbons (Fsp3) is 0.207. The third-order valence-corrected chi connectivity index (χ3v) is 8.04. The van der Waals surface area contributed by atoms with E-state index in [4.69, 9.17) is 4.18 Å². The van der Waals surface area contributed by atoms with Gasteiger partial charge in [-0.3, -0.25) is 9.78 Å². The molecule has 2 aromatic carbocycles. The number of carbonyl (C=O) groups excluding carboxylic acids is 1. The maximum Gasteiger partial charge on any atom is 0.193 e. The van der Waals surface area contributed by atoms with Crippen molar-refractivity contribution in [2.45, 2.75) is 12.8 Å². The number of ketones is 1. The molecular weight excluding hydrogens is 571 g/mol. The quantitative estimate of drug-likeness (QED) is 0.152. The molecule has 12 heteroatoms. The third-order valence-electron chi connectivity index (χ3n) is 7.33. The SMILES string of the molecule is CN(SOc1ccc(F)c(F)c1)N1CCC2=Cc3c(cnn3-c3ccc(F)cc3)CC2(C(=O)c2ccccn2)C1.S. The van der Waals surface area contributed by atoms with E-state index in [1.165, 1.54) is 18.2 Å². The number of fused-ring (bicyclic) bond motifs is 2. The van der Waals surface area contributed by atoms with Gasteiger partial charge in [-0.25, -0.2) is 22.9 Å². The predicted octanol–water partition coefficient (Wildman–Crippen LogP) is 5.80. The van der Waals surface area contributed by atoms with Crippen LogP contribution in [-0.2, 0) is 6.42 Å². The maximum absolute atomic E-state index is 14.2. The number of aromatic nitrogens is 3. The molecule has 3 heterocycles. The highest BCUT2D eigenvalue weighted by Gasteiger charge is 2.50. The lowest BCUT2D eigenvalue weighted by atomic mass is 9.65. The van der Waals surface area contributed by atoms with E-state index in [1.807, 2.05) is 11.1 Å². The first-order valence-electron chi connectivity index (χ1n) is 12.6. The average Bonchev–Trinajstić information content (AvgIpc) is 3.38. The van der Waals surface area contributed by atoms with Crippen LogP contribution in [0.4, 0.5) is 13.2 Å². The minimum atomic E-state index is -0.993. The van der Waals surface area contributed by atoms with E-state index in [-0.39, 0.29) is 30.8 Å². The summed E-state index contributed by atoms with van der Waals surface area (Å²) in [5.74, 6) is -2.19. The molecule has 7 nitrogen and oxygen atoms in total. The first-order valence-corrected chi connectivity index (χ1v) is 13.3. The Labute approximate surface area is 246 Å². The van der Waals surface area contributed by atoms with Crippen molar-refractivity contribution in [1.82, 2.24) is 24.2 Å². The van der Waals surface area contributed by atoms with Crippen LogP contribution < -0.4 is 4.18 Å². The standard InChI is InChI=1S/C29H24F3N5O2S.H2S/c1-35(40-39-23-9-10-24(31)25(32)15-23)36-13-11-20-14-27-19(17-34-37(27)22-7-5-21(30)6-8-22)16-29(20,18-36)28(38)26-4-2-3-12-33-26;/h2-10,12,14-15,17H,11,13,16,18H2,1H3;1H2. The minimum absolute atomic E-state index is 0. The molecule has 0 bridgehead atoms. The van der Waals surface area contributed by atoms with Gasteiger partial charge in [0.15, 0.2) is 29.6 Å². The third kappa shape index (κ3) is 5.52. The molecule has 0 N–H and O–H groups in total. The summed E-state index contributed by atoms with van der Waals surface area (Å²) in [5.41, 5.74) is 2.92. The summed E-state index contributed by atoms with van der Waals surface area (Å²) >= 11 is 0.961. The number of rotatable bonds is 7. The Hall–Kier alpha value is -3.58. The lowest BCUT2D eigenvalue weighted by molar-refractivity contribution is 0.0226. The Bertz CT molecular complexity index is 1600. The van der Waals surface area contributed by atoms with Gasteiger partial charge in [-0.2, -0.15) is 23.0 Å². The molecule has 0 spiro atoms. The van der Waals surface area contributed by atoms with E-state index in [1.54, 1.807) is 58.9 Å². The van der Waals surface area contributed by atoms with E-state index in [0.717, 1.165) is 46.9 Å². The number of carbonyl (C=O) groups is 1. The van der Waals surface area contributed by atoms with Gasteiger partial charge in [0.05, 0.1) is 23.0 Å². The number of hydrogen-bond donors (Lipinski definition) is 0. The summed E-state index contributed by atoms with van der Waals surface area (Å²) in [6, 6.07) is 14.7. The molecule has 4 aromatic rings.